The van der Waals surface area contributed by atoms with Gasteiger partial charge in [0.1, 0.15) is 0 Å². The number of carbonyl (C=O) groups excluding carboxylic acids is 1. The van der Waals surface area contributed by atoms with Crippen molar-refractivity contribution in [2.45, 2.75) is 46.1 Å². The Morgan fingerprint density at radius 2 is 1.95 bits per heavy atom. The Bertz CT molecular complexity index is 379. The summed E-state index contributed by atoms with van der Waals surface area (Å²) in [7, 11) is 0. The molecular formula is C17H30N2O2. The van der Waals surface area contributed by atoms with Gasteiger partial charge in [-0.15, -0.1) is 0 Å². The lowest BCUT2D eigenvalue weighted by molar-refractivity contribution is -0.133. The molecule has 1 fully saturated rings. The largest absolute Gasteiger partial charge is 0.391 e. The second-order valence-corrected chi connectivity index (χ2v) is 7.53. The summed E-state index contributed by atoms with van der Waals surface area (Å²) in [5, 5.41) is 10.2. The highest BCUT2D eigenvalue weighted by Crippen LogP contribution is 2.22. The third-order valence-electron chi connectivity index (χ3n) is 4.70. The van der Waals surface area contributed by atoms with Crippen molar-refractivity contribution in [3.05, 3.63) is 12.2 Å². The molecular weight excluding hydrogens is 264 g/mol. The zero-order valence-electron chi connectivity index (χ0n) is 13.7. The Balaban J connectivity index is 1.72. The van der Waals surface area contributed by atoms with Crippen LogP contribution in [0.15, 0.2) is 12.2 Å². The van der Waals surface area contributed by atoms with Crippen molar-refractivity contribution >= 4 is 5.91 Å². The van der Waals surface area contributed by atoms with E-state index in [0.29, 0.717) is 24.8 Å². The van der Waals surface area contributed by atoms with Gasteiger partial charge >= 0.3 is 0 Å². The predicted molar refractivity (Wildman–Crippen MR) is 85.0 cm³/mol. The SMILES string of the molecule is CC(C)(C)[C@H](O)CN1CCN(C(=O)C[C@@H]2C=CCC2)CC1. The van der Waals surface area contributed by atoms with Gasteiger partial charge in [-0.2, -0.15) is 0 Å². The van der Waals surface area contributed by atoms with Crippen LogP contribution in [0.2, 0.25) is 0 Å². The first-order valence-corrected chi connectivity index (χ1v) is 8.21. The summed E-state index contributed by atoms with van der Waals surface area (Å²) in [4.78, 5) is 16.5. The van der Waals surface area contributed by atoms with E-state index in [4.69, 9.17) is 0 Å². The molecule has 1 aliphatic heterocycles. The summed E-state index contributed by atoms with van der Waals surface area (Å²) in [5.74, 6) is 0.751. The Kier molecular flexibility index (Phi) is 5.44. The zero-order chi connectivity index (χ0) is 15.5. The molecule has 0 spiro atoms. The van der Waals surface area contributed by atoms with Crippen molar-refractivity contribution < 1.29 is 9.90 Å². The monoisotopic (exact) mass is 294 g/mol. The smallest absolute Gasteiger partial charge is 0.223 e. The van der Waals surface area contributed by atoms with Gasteiger partial charge in [0.2, 0.25) is 5.91 Å². The number of hydrogen-bond acceptors (Lipinski definition) is 3. The molecule has 4 heteroatoms. The van der Waals surface area contributed by atoms with Crippen molar-refractivity contribution in [1.29, 1.82) is 0 Å². The zero-order valence-corrected chi connectivity index (χ0v) is 13.7. The van der Waals surface area contributed by atoms with Crippen molar-refractivity contribution in [3.63, 3.8) is 0 Å². The summed E-state index contributed by atoms with van der Waals surface area (Å²) in [6.45, 7) is 10.2. The molecule has 1 heterocycles. The van der Waals surface area contributed by atoms with Crippen LogP contribution in [0.25, 0.3) is 0 Å². The Morgan fingerprint density at radius 1 is 1.29 bits per heavy atom. The molecule has 2 atom stereocenters. The molecule has 0 saturated carbocycles. The first kappa shape index (κ1) is 16.5. The number of carbonyl (C=O) groups is 1. The fourth-order valence-electron chi connectivity index (χ4n) is 2.92. The standard InChI is InChI=1S/C17H30N2O2/c1-17(2,3)15(20)13-18-8-10-19(11-9-18)16(21)12-14-6-4-5-7-14/h4,6,14-15,20H,5,7-13H2,1-3H3/t14-,15-/m1/s1. The van der Waals surface area contributed by atoms with Crippen molar-refractivity contribution in [3.8, 4) is 0 Å². The third-order valence-corrected chi connectivity index (χ3v) is 4.70. The normalized spacial score (nSPS) is 25.3. The van der Waals surface area contributed by atoms with Crippen molar-refractivity contribution in [1.82, 2.24) is 9.80 Å². The van der Waals surface area contributed by atoms with Crippen LogP contribution in [-0.4, -0.2) is 59.6 Å². The number of rotatable bonds is 4. The Morgan fingerprint density at radius 3 is 2.48 bits per heavy atom. The number of aliphatic hydroxyl groups excluding tert-OH is 1. The summed E-state index contributed by atoms with van der Waals surface area (Å²) >= 11 is 0. The average molecular weight is 294 g/mol. The molecule has 2 aliphatic rings. The highest BCUT2D eigenvalue weighted by molar-refractivity contribution is 5.76. The van der Waals surface area contributed by atoms with E-state index in [2.05, 4.69) is 37.8 Å². The number of aliphatic hydroxyl groups is 1. The van der Waals surface area contributed by atoms with Crippen molar-refractivity contribution in [2.75, 3.05) is 32.7 Å². The minimum atomic E-state index is -0.316. The topological polar surface area (TPSA) is 43.8 Å². The van der Waals surface area contributed by atoms with Gasteiger partial charge in [-0.25, -0.2) is 0 Å². The maximum atomic E-state index is 12.3. The maximum absolute atomic E-state index is 12.3. The van der Waals surface area contributed by atoms with E-state index in [1.807, 2.05) is 4.90 Å². The molecule has 120 valence electrons. The van der Waals surface area contributed by atoms with Crippen LogP contribution in [-0.2, 0) is 4.79 Å². The minimum Gasteiger partial charge on any atom is -0.391 e. The van der Waals surface area contributed by atoms with E-state index in [-0.39, 0.29) is 11.5 Å². The first-order valence-electron chi connectivity index (χ1n) is 8.21. The van der Waals surface area contributed by atoms with Gasteiger partial charge in [-0.1, -0.05) is 32.9 Å². The minimum absolute atomic E-state index is 0.0816. The Labute approximate surface area is 128 Å². The molecule has 4 nitrogen and oxygen atoms in total. The van der Waals surface area contributed by atoms with Crippen LogP contribution >= 0.6 is 0 Å². The first-order chi connectivity index (χ1) is 9.86. The van der Waals surface area contributed by atoms with E-state index in [0.717, 1.165) is 39.0 Å². The third kappa shape index (κ3) is 4.82. The highest BCUT2D eigenvalue weighted by Gasteiger charge is 2.28. The van der Waals surface area contributed by atoms with E-state index in [1.54, 1.807) is 0 Å². The molecule has 0 aromatic rings. The van der Waals surface area contributed by atoms with Crippen molar-refractivity contribution in [2.24, 2.45) is 11.3 Å². The summed E-state index contributed by atoms with van der Waals surface area (Å²) in [6, 6.07) is 0. The summed E-state index contributed by atoms with van der Waals surface area (Å²) in [5.41, 5.74) is -0.0816. The number of β-amino-alcohol motifs (C(OH)–C–C–N with tert-alkyl or cyclic N) is 1. The maximum Gasteiger partial charge on any atom is 0.223 e. The molecule has 1 saturated heterocycles. The number of nitrogens with zero attached hydrogens (tertiary/aromatic N) is 2. The lowest BCUT2D eigenvalue weighted by Crippen LogP contribution is -2.51. The molecule has 0 unspecified atom stereocenters. The quantitative estimate of drug-likeness (QED) is 0.805. The number of amides is 1. The fourth-order valence-corrected chi connectivity index (χ4v) is 2.92. The number of hydrogen-bond donors (Lipinski definition) is 1. The van der Waals surface area contributed by atoms with E-state index >= 15 is 0 Å². The molecule has 21 heavy (non-hydrogen) atoms. The fraction of sp³-hybridized carbons (Fsp3) is 0.824. The van der Waals surface area contributed by atoms with Crippen LogP contribution in [0.1, 0.15) is 40.0 Å². The molecule has 1 amide bonds. The van der Waals surface area contributed by atoms with Crippen LogP contribution in [0.4, 0.5) is 0 Å². The van der Waals surface area contributed by atoms with Gasteiger partial charge in [-0.05, 0) is 24.2 Å². The van der Waals surface area contributed by atoms with Gasteiger partial charge in [0.05, 0.1) is 6.10 Å². The molecule has 0 aromatic heterocycles. The number of allylic oxidation sites excluding steroid dienone is 2. The highest BCUT2D eigenvalue weighted by atomic mass is 16.3. The van der Waals surface area contributed by atoms with Gasteiger partial charge in [-0.3, -0.25) is 9.69 Å². The predicted octanol–water partition coefficient (Wildman–Crippen LogP) is 1.89. The summed E-state index contributed by atoms with van der Waals surface area (Å²) < 4.78 is 0. The van der Waals surface area contributed by atoms with Gasteiger partial charge in [0, 0.05) is 39.1 Å². The second-order valence-electron chi connectivity index (χ2n) is 7.53. The molecule has 0 bridgehead atoms. The second kappa shape index (κ2) is 6.93. The van der Waals surface area contributed by atoms with Gasteiger partial charge in [0.25, 0.3) is 0 Å². The lowest BCUT2D eigenvalue weighted by Gasteiger charge is -2.38. The molecule has 1 N–H and O–H groups in total. The molecule has 0 aromatic carbocycles. The van der Waals surface area contributed by atoms with Crippen LogP contribution in [0.3, 0.4) is 0 Å². The summed E-state index contributed by atoms with van der Waals surface area (Å²) in [6.07, 6.45) is 6.97. The Hall–Kier alpha value is -0.870. The molecule has 1 aliphatic carbocycles. The van der Waals surface area contributed by atoms with Crippen LogP contribution < -0.4 is 0 Å². The van der Waals surface area contributed by atoms with E-state index < -0.39 is 0 Å². The van der Waals surface area contributed by atoms with E-state index in [1.165, 1.54) is 0 Å². The van der Waals surface area contributed by atoms with E-state index in [9.17, 15) is 9.90 Å². The number of piperazine rings is 1. The average Bonchev–Trinajstić information content (AvgIpc) is 2.91. The van der Waals surface area contributed by atoms with Crippen LogP contribution in [0.5, 0.6) is 0 Å². The lowest BCUT2D eigenvalue weighted by atomic mass is 9.89. The molecule has 0 radical (unpaired) electrons. The van der Waals surface area contributed by atoms with Crippen LogP contribution in [0, 0.1) is 11.3 Å². The molecule has 2 rings (SSSR count). The van der Waals surface area contributed by atoms with Gasteiger partial charge in [0.15, 0.2) is 0 Å². The van der Waals surface area contributed by atoms with Gasteiger partial charge < -0.3 is 10.0 Å².